The molecule has 0 aliphatic carbocycles. The number of aliphatic carboxylic acids is 1. The van der Waals surface area contributed by atoms with E-state index in [9.17, 15) is 19.5 Å². The Bertz CT molecular complexity index is 859. The van der Waals surface area contributed by atoms with Gasteiger partial charge in [0.2, 0.25) is 5.91 Å². The normalized spacial score (nSPS) is 11.7. The summed E-state index contributed by atoms with van der Waals surface area (Å²) in [5.41, 5.74) is 3.93. The third-order valence-electron chi connectivity index (χ3n) is 4.42. The molecule has 0 aliphatic rings. The quantitative estimate of drug-likeness (QED) is 0.685. The van der Waals surface area contributed by atoms with Crippen LogP contribution in [0.3, 0.4) is 0 Å². The van der Waals surface area contributed by atoms with Gasteiger partial charge in [0.15, 0.2) is 0 Å². The number of rotatable bonds is 7. The van der Waals surface area contributed by atoms with Crippen LogP contribution >= 0.6 is 0 Å². The maximum Gasteiger partial charge on any atom is 0.326 e. The van der Waals surface area contributed by atoms with E-state index in [0.29, 0.717) is 5.69 Å². The van der Waals surface area contributed by atoms with E-state index in [1.54, 1.807) is 6.07 Å². The summed E-state index contributed by atoms with van der Waals surface area (Å²) in [6, 6.07) is 6.44. The Morgan fingerprint density at radius 1 is 1.22 bits per heavy atom. The first kappa shape index (κ1) is 20.2. The van der Waals surface area contributed by atoms with Crippen molar-refractivity contribution in [2.45, 2.75) is 33.7 Å². The minimum atomic E-state index is -1.12. The van der Waals surface area contributed by atoms with Crippen LogP contribution in [0.25, 0.3) is 11.3 Å². The number of aromatic amines is 1. The highest BCUT2D eigenvalue weighted by molar-refractivity contribution is 5.95. The molecule has 27 heavy (non-hydrogen) atoms. The van der Waals surface area contributed by atoms with Crippen molar-refractivity contribution < 1.29 is 19.5 Å². The number of carboxylic acid groups (broad SMARTS) is 1. The standard InChI is InChI=1S/C19H24N4O4/c1-11-5-6-15(9-12(11)2)16-10-17(22-21-16)18(25)23(13(3)19(26)27)8-7-20-14(4)24/h5-6,9-10,13H,7-8H2,1-4H3,(H,20,24)(H,21,22)(H,26,27). The molecule has 2 amide bonds. The van der Waals surface area contributed by atoms with Crippen molar-refractivity contribution in [1.29, 1.82) is 0 Å². The molecule has 8 nitrogen and oxygen atoms in total. The van der Waals surface area contributed by atoms with Gasteiger partial charge < -0.3 is 15.3 Å². The van der Waals surface area contributed by atoms with Crippen LogP contribution in [-0.4, -0.2) is 57.1 Å². The zero-order valence-electron chi connectivity index (χ0n) is 15.9. The number of hydrogen-bond donors (Lipinski definition) is 3. The van der Waals surface area contributed by atoms with E-state index in [0.717, 1.165) is 16.7 Å². The molecule has 0 saturated heterocycles. The molecule has 2 aromatic rings. The number of carboxylic acids is 1. The average Bonchev–Trinajstić information content (AvgIpc) is 3.10. The fourth-order valence-electron chi connectivity index (χ4n) is 2.59. The van der Waals surface area contributed by atoms with Crippen LogP contribution in [0, 0.1) is 13.8 Å². The van der Waals surface area contributed by atoms with E-state index in [4.69, 9.17) is 0 Å². The molecule has 0 aliphatic heterocycles. The number of hydrogen-bond acceptors (Lipinski definition) is 4. The van der Waals surface area contributed by atoms with E-state index >= 15 is 0 Å². The summed E-state index contributed by atoms with van der Waals surface area (Å²) < 4.78 is 0. The lowest BCUT2D eigenvalue weighted by molar-refractivity contribution is -0.141. The summed E-state index contributed by atoms with van der Waals surface area (Å²) in [6.45, 7) is 7.03. The summed E-state index contributed by atoms with van der Waals surface area (Å²) in [4.78, 5) is 36.4. The molecule has 1 heterocycles. The second-order valence-electron chi connectivity index (χ2n) is 6.46. The van der Waals surface area contributed by atoms with Gasteiger partial charge in [-0.05, 0) is 44.0 Å². The fraction of sp³-hybridized carbons (Fsp3) is 0.368. The topological polar surface area (TPSA) is 115 Å². The average molecular weight is 372 g/mol. The van der Waals surface area contributed by atoms with Crippen LogP contribution in [0.1, 0.15) is 35.5 Å². The molecule has 1 atom stereocenters. The van der Waals surface area contributed by atoms with E-state index in [-0.39, 0.29) is 24.7 Å². The van der Waals surface area contributed by atoms with Gasteiger partial charge in [-0.25, -0.2) is 4.79 Å². The number of carbonyl (C=O) groups is 3. The Kier molecular flexibility index (Phi) is 6.33. The maximum absolute atomic E-state index is 12.8. The molecular formula is C19H24N4O4. The highest BCUT2D eigenvalue weighted by Crippen LogP contribution is 2.21. The molecule has 0 fully saturated rings. The largest absolute Gasteiger partial charge is 0.480 e. The van der Waals surface area contributed by atoms with Gasteiger partial charge in [0, 0.05) is 25.6 Å². The summed E-state index contributed by atoms with van der Waals surface area (Å²) in [7, 11) is 0. The minimum Gasteiger partial charge on any atom is -0.480 e. The van der Waals surface area contributed by atoms with Crippen LogP contribution in [-0.2, 0) is 9.59 Å². The van der Waals surface area contributed by atoms with E-state index in [2.05, 4.69) is 15.5 Å². The lowest BCUT2D eigenvalue weighted by Crippen LogP contribution is -2.46. The third kappa shape index (κ3) is 4.93. The van der Waals surface area contributed by atoms with Crippen molar-refractivity contribution in [2.75, 3.05) is 13.1 Å². The molecule has 1 aromatic carbocycles. The molecule has 1 aromatic heterocycles. The van der Waals surface area contributed by atoms with Crippen LogP contribution in [0.2, 0.25) is 0 Å². The molecule has 0 radical (unpaired) electrons. The number of H-pyrrole nitrogens is 1. The highest BCUT2D eigenvalue weighted by atomic mass is 16.4. The first-order valence-electron chi connectivity index (χ1n) is 8.62. The lowest BCUT2D eigenvalue weighted by atomic mass is 10.0. The first-order valence-corrected chi connectivity index (χ1v) is 8.62. The molecule has 0 spiro atoms. The van der Waals surface area contributed by atoms with Gasteiger partial charge in [0.25, 0.3) is 5.91 Å². The van der Waals surface area contributed by atoms with Gasteiger partial charge in [0.1, 0.15) is 11.7 Å². The summed E-state index contributed by atoms with van der Waals surface area (Å²) in [5.74, 6) is -1.86. The second kappa shape index (κ2) is 8.48. The Hall–Kier alpha value is -3.16. The smallest absolute Gasteiger partial charge is 0.326 e. The number of carbonyl (C=O) groups excluding carboxylic acids is 2. The van der Waals surface area contributed by atoms with Crippen molar-refractivity contribution in [3.8, 4) is 11.3 Å². The van der Waals surface area contributed by atoms with E-state index < -0.39 is 17.9 Å². The van der Waals surface area contributed by atoms with Gasteiger partial charge in [0.05, 0.1) is 5.69 Å². The molecule has 1 unspecified atom stereocenters. The van der Waals surface area contributed by atoms with Gasteiger partial charge in [-0.3, -0.25) is 14.7 Å². The molecule has 2 rings (SSSR count). The first-order chi connectivity index (χ1) is 12.7. The molecule has 8 heteroatoms. The van der Waals surface area contributed by atoms with Gasteiger partial charge >= 0.3 is 5.97 Å². The number of benzene rings is 1. The van der Waals surface area contributed by atoms with E-state index in [1.807, 2.05) is 32.0 Å². The van der Waals surface area contributed by atoms with E-state index in [1.165, 1.54) is 18.7 Å². The number of aromatic nitrogens is 2. The molecule has 3 N–H and O–H groups in total. The summed E-state index contributed by atoms with van der Waals surface area (Å²) >= 11 is 0. The monoisotopic (exact) mass is 372 g/mol. The third-order valence-corrected chi connectivity index (χ3v) is 4.42. The molecule has 0 bridgehead atoms. The summed E-state index contributed by atoms with van der Waals surface area (Å²) in [6.07, 6.45) is 0. The van der Waals surface area contributed by atoms with Gasteiger partial charge in [-0.2, -0.15) is 5.10 Å². The molecule has 0 saturated carbocycles. The van der Waals surface area contributed by atoms with Crippen molar-refractivity contribution in [3.63, 3.8) is 0 Å². The van der Waals surface area contributed by atoms with Crippen LogP contribution in [0.4, 0.5) is 0 Å². The number of nitrogens with one attached hydrogen (secondary N) is 2. The second-order valence-corrected chi connectivity index (χ2v) is 6.46. The van der Waals surface area contributed by atoms with Crippen molar-refractivity contribution in [1.82, 2.24) is 20.4 Å². The minimum absolute atomic E-state index is 0.0733. The predicted octanol–water partition coefficient (Wildman–Crippen LogP) is 1.74. The number of aryl methyl sites for hydroxylation is 2. The Labute approximate surface area is 157 Å². The predicted molar refractivity (Wildman–Crippen MR) is 100 cm³/mol. The van der Waals surface area contributed by atoms with Crippen molar-refractivity contribution in [3.05, 3.63) is 41.1 Å². The summed E-state index contributed by atoms with van der Waals surface area (Å²) in [5, 5.41) is 18.7. The van der Waals surface area contributed by atoms with Gasteiger partial charge in [-0.1, -0.05) is 12.1 Å². The lowest BCUT2D eigenvalue weighted by Gasteiger charge is -2.26. The number of nitrogens with zero attached hydrogens (tertiary/aromatic N) is 2. The Morgan fingerprint density at radius 3 is 2.52 bits per heavy atom. The SMILES string of the molecule is CC(=O)NCCN(C(=O)c1cc(-c2ccc(C)c(C)c2)n[nH]1)C(C)C(=O)O. The van der Waals surface area contributed by atoms with Crippen LogP contribution in [0.5, 0.6) is 0 Å². The fourth-order valence-corrected chi connectivity index (χ4v) is 2.59. The number of amides is 2. The van der Waals surface area contributed by atoms with Crippen LogP contribution in [0.15, 0.2) is 24.3 Å². The molecular weight excluding hydrogens is 348 g/mol. The van der Waals surface area contributed by atoms with Gasteiger partial charge in [-0.15, -0.1) is 0 Å². The van der Waals surface area contributed by atoms with Crippen molar-refractivity contribution >= 4 is 17.8 Å². The van der Waals surface area contributed by atoms with Crippen molar-refractivity contribution in [2.24, 2.45) is 0 Å². The van der Waals surface area contributed by atoms with Crippen LogP contribution < -0.4 is 5.32 Å². The Morgan fingerprint density at radius 2 is 1.93 bits per heavy atom. The zero-order chi connectivity index (χ0) is 20.1. The Balaban J connectivity index is 2.24. The maximum atomic E-state index is 12.8. The highest BCUT2D eigenvalue weighted by Gasteiger charge is 2.27. The zero-order valence-corrected chi connectivity index (χ0v) is 15.9. The molecule has 144 valence electrons.